The lowest BCUT2D eigenvalue weighted by atomic mass is 10.2. The fourth-order valence-electron chi connectivity index (χ4n) is 2.46. The molecule has 1 unspecified atom stereocenters. The second-order valence-electron chi connectivity index (χ2n) is 5.23. The van der Waals surface area contributed by atoms with Crippen molar-refractivity contribution in [3.8, 4) is 0 Å². The Labute approximate surface area is 116 Å². The Morgan fingerprint density at radius 2 is 2.05 bits per heavy atom. The van der Waals surface area contributed by atoms with Gasteiger partial charge in [0.05, 0.1) is 0 Å². The predicted molar refractivity (Wildman–Crippen MR) is 74.6 cm³/mol. The van der Waals surface area contributed by atoms with Crippen molar-refractivity contribution >= 4 is 22.8 Å². The van der Waals surface area contributed by atoms with Gasteiger partial charge in [0.1, 0.15) is 11.7 Å². The first-order valence-corrected chi connectivity index (χ1v) is 6.71. The lowest BCUT2D eigenvalue weighted by molar-refractivity contribution is -0.141. The van der Waals surface area contributed by atoms with Crippen LogP contribution in [0.25, 0.3) is 10.9 Å². The van der Waals surface area contributed by atoms with Crippen LogP contribution in [0.15, 0.2) is 30.3 Å². The number of nitrogens with zero attached hydrogens (tertiary/aromatic N) is 1. The van der Waals surface area contributed by atoms with Gasteiger partial charge in [0.15, 0.2) is 0 Å². The number of carbonyl (C=O) groups is 2. The van der Waals surface area contributed by atoms with E-state index in [0.29, 0.717) is 5.69 Å². The molecule has 0 radical (unpaired) electrons. The molecule has 1 aromatic carbocycles. The van der Waals surface area contributed by atoms with Crippen LogP contribution >= 0.6 is 0 Å². The maximum Gasteiger partial charge on any atom is 0.326 e. The van der Waals surface area contributed by atoms with Gasteiger partial charge in [0.2, 0.25) is 0 Å². The van der Waals surface area contributed by atoms with Gasteiger partial charge in [-0.2, -0.15) is 0 Å². The van der Waals surface area contributed by atoms with E-state index in [1.807, 2.05) is 24.3 Å². The van der Waals surface area contributed by atoms with Crippen molar-refractivity contribution < 1.29 is 14.7 Å². The molecule has 1 saturated carbocycles. The highest BCUT2D eigenvalue weighted by Gasteiger charge is 2.39. The number of hydrogen-bond donors (Lipinski definition) is 2. The summed E-state index contributed by atoms with van der Waals surface area (Å²) >= 11 is 0. The topological polar surface area (TPSA) is 73.4 Å². The molecule has 3 rings (SSSR count). The van der Waals surface area contributed by atoms with Crippen molar-refractivity contribution in [3.63, 3.8) is 0 Å². The quantitative estimate of drug-likeness (QED) is 0.896. The van der Waals surface area contributed by atoms with E-state index < -0.39 is 12.0 Å². The van der Waals surface area contributed by atoms with E-state index in [4.69, 9.17) is 5.11 Å². The maximum atomic E-state index is 12.6. The van der Waals surface area contributed by atoms with E-state index >= 15 is 0 Å². The Kier molecular flexibility index (Phi) is 2.97. The Bertz CT molecular complexity index is 640. The SMILES string of the molecule is CC(C(=O)O)N(C(=O)c1cc2ccccc2[nH]1)C1CC1. The van der Waals surface area contributed by atoms with Crippen molar-refractivity contribution in [2.24, 2.45) is 0 Å². The summed E-state index contributed by atoms with van der Waals surface area (Å²) in [6.07, 6.45) is 1.76. The number of aliphatic carboxylic acids is 1. The van der Waals surface area contributed by atoms with Gasteiger partial charge in [-0.15, -0.1) is 0 Å². The van der Waals surface area contributed by atoms with Crippen LogP contribution in [0.5, 0.6) is 0 Å². The Morgan fingerprint density at radius 3 is 2.65 bits per heavy atom. The Balaban J connectivity index is 1.94. The molecule has 0 saturated heterocycles. The lowest BCUT2D eigenvalue weighted by Crippen LogP contribution is -2.44. The monoisotopic (exact) mass is 272 g/mol. The number of H-pyrrole nitrogens is 1. The minimum atomic E-state index is -0.971. The molecular formula is C15H16N2O3. The summed E-state index contributed by atoms with van der Waals surface area (Å²) in [5.74, 6) is -1.21. The molecule has 1 aromatic heterocycles. The van der Waals surface area contributed by atoms with Crippen LogP contribution in [-0.4, -0.2) is 39.0 Å². The number of rotatable bonds is 4. The molecule has 1 fully saturated rings. The van der Waals surface area contributed by atoms with E-state index in [2.05, 4.69) is 4.98 Å². The summed E-state index contributed by atoms with van der Waals surface area (Å²) in [5, 5.41) is 10.1. The van der Waals surface area contributed by atoms with Gasteiger partial charge < -0.3 is 15.0 Å². The number of para-hydroxylation sites is 1. The zero-order valence-electron chi connectivity index (χ0n) is 11.2. The molecule has 0 bridgehead atoms. The highest BCUT2D eigenvalue weighted by molar-refractivity contribution is 5.99. The van der Waals surface area contributed by atoms with Crippen LogP contribution in [0, 0.1) is 0 Å². The van der Waals surface area contributed by atoms with Crippen LogP contribution in [0.1, 0.15) is 30.3 Å². The molecule has 104 valence electrons. The second-order valence-corrected chi connectivity index (χ2v) is 5.23. The molecular weight excluding hydrogens is 256 g/mol. The first-order chi connectivity index (χ1) is 9.58. The van der Waals surface area contributed by atoms with Gasteiger partial charge in [-0.05, 0) is 31.9 Å². The summed E-state index contributed by atoms with van der Waals surface area (Å²) < 4.78 is 0. The molecule has 2 N–H and O–H groups in total. The van der Waals surface area contributed by atoms with E-state index in [-0.39, 0.29) is 11.9 Å². The van der Waals surface area contributed by atoms with E-state index in [0.717, 1.165) is 23.7 Å². The molecule has 1 atom stereocenters. The molecule has 0 spiro atoms. The summed E-state index contributed by atoms with van der Waals surface area (Å²) in [6, 6.07) is 8.65. The van der Waals surface area contributed by atoms with Gasteiger partial charge >= 0.3 is 5.97 Å². The number of carbonyl (C=O) groups excluding carboxylic acids is 1. The molecule has 1 aliphatic carbocycles. The molecule has 2 aromatic rings. The summed E-state index contributed by atoms with van der Waals surface area (Å²) in [6.45, 7) is 1.56. The van der Waals surface area contributed by atoms with Crippen LogP contribution < -0.4 is 0 Å². The number of aromatic amines is 1. The molecule has 1 heterocycles. The number of hydrogen-bond acceptors (Lipinski definition) is 2. The molecule has 20 heavy (non-hydrogen) atoms. The fourth-order valence-corrected chi connectivity index (χ4v) is 2.46. The third-order valence-corrected chi connectivity index (χ3v) is 3.71. The highest BCUT2D eigenvalue weighted by atomic mass is 16.4. The summed E-state index contributed by atoms with van der Waals surface area (Å²) in [7, 11) is 0. The first kappa shape index (κ1) is 12.7. The van der Waals surface area contributed by atoms with Gasteiger partial charge in [0.25, 0.3) is 5.91 Å². The smallest absolute Gasteiger partial charge is 0.326 e. The number of carboxylic acids is 1. The predicted octanol–water partition coefficient (Wildman–Crippen LogP) is 2.25. The third-order valence-electron chi connectivity index (χ3n) is 3.71. The molecule has 0 aliphatic heterocycles. The summed E-state index contributed by atoms with van der Waals surface area (Å²) in [5.41, 5.74) is 1.33. The van der Waals surface area contributed by atoms with Crippen molar-refractivity contribution in [1.82, 2.24) is 9.88 Å². The van der Waals surface area contributed by atoms with Gasteiger partial charge in [0, 0.05) is 16.9 Å². The number of aromatic nitrogens is 1. The van der Waals surface area contributed by atoms with Crippen LogP contribution in [0.3, 0.4) is 0 Å². The molecule has 1 amide bonds. The van der Waals surface area contributed by atoms with E-state index in [1.165, 1.54) is 4.90 Å². The van der Waals surface area contributed by atoms with E-state index in [1.54, 1.807) is 13.0 Å². The van der Waals surface area contributed by atoms with Crippen molar-refractivity contribution in [1.29, 1.82) is 0 Å². The number of carboxylic acid groups (broad SMARTS) is 1. The van der Waals surface area contributed by atoms with Crippen molar-refractivity contribution in [2.45, 2.75) is 31.8 Å². The normalized spacial score (nSPS) is 16.1. The first-order valence-electron chi connectivity index (χ1n) is 6.71. The molecule has 5 heteroatoms. The lowest BCUT2D eigenvalue weighted by Gasteiger charge is -2.25. The summed E-state index contributed by atoms with van der Waals surface area (Å²) in [4.78, 5) is 28.3. The van der Waals surface area contributed by atoms with Crippen LogP contribution in [-0.2, 0) is 4.79 Å². The van der Waals surface area contributed by atoms with Crippen LogP contribution in [0.4, 0.5) is 0 Å². The average molecular weight is 272 g/mol. The number of fused-ring (bicyclic) bond motifs is 1. The van der Waals surface area contributed by atoms with Crippen LogP contribution in [0.2, 0.25) is 0 Å². The zero-order chi connectivity index (χ0) is 14.3. The second kappa shape index (κ2) is 4.67. The largest absolute Gasteiger partial charge is 0.480 e. The molecule has 5 nitrogen and oxygen atoms in total. The maximum absolute atomic E-state index is 12.6. The third kappa shape index (κ3) is 2.15. The zero-order valence-corrected chi connectivity index (χ0v) is 11.2. The minimum Gasteiger partial charge on any atom is -0.480 e. The molecule has 1 aliphatic rings. The van der Waals surface area contributed by atoms with Gasteiger partial charge in [-0.3, -0.25) is 4.79 Å². The Hall–Kier alpha value is -2.30. The Morgan fingerprint density at radius 1 is 1.35 bits per heavy atom. The minimum absolute atomic E-state index is 0.0556. The number of amides is 1. The fraction of sp³-hybridized carbons (Fsp3) is 0.333. The van der Waals surface area contributed by atoms with Gasteiger partial charge in [-0.25, -0.2) is 4.79 Å². The number of nitrogens with one attached hydrogen (secondary N) is 1. The van der Waals surface area contributed by atoms with Gasteiger partial charge in [-0.1, -0.05) is 18.2 Å². The average Bonchev–Trinajstić information content (AvgIpc) is 3.16. The standard InChI is InChI=1S/C15H16N2O3/c1-9(15(19)20)17(11-6-7-11)14(18)13-8-10-4-2-3-5-12(10)16-13/h2-5,8-9,11,16H,6-7H2,1H3,(H,19,20). The van der Waals surface area contributed by atoms with E-state index in [9.17, 15) is 9.59 Å². The van der Waals surface area contributed by atoms with Crippen molar-refractivity contribution in [2.75, 3.05) is 0 Å². The van der Waals surface area contributed by atoms with Crippen molar-refractivity contribution in [3.05, 3.63) is 36.0 Å². The highest BCUT2D eigenvalue weighted by Crippen LogP contribution is 2.30. The number of benzene rings is 1.